The Kier molecular flexibility index (Phi) is 5.51. The van der Waals surface area contributed by atoms with Gasteiger partial charge in [0.25, 0.3) is 0 Å². The molecule has 0 aliphatic rings. The van der Waals surface area contributed by atoms with Crippen molar-refractivity contribution in [1.82, 2.24) is 4.90 Å². The number of benzene rings is 2. The molecule has 1 amide bonds. The Labute approximate surface area is 132 Å². The summed E-state index contributed by atoms with van der Waals surface area (Å²) < 4.78 is 14.6. The Hall–Kier alpha value is -1.68. The fourth-order valence-corrected chi connectivity index (χ4v) is 2.55. The maximum absolute atomic E-state index is 13.6. The molecule has 2 aromatic carbocycles. The number of carbonyl (C=O) groups is 1. The summed E-state index contributed by atoms with van der Waals surface area (Å²) in [5, 5.41) is 0. The second-order valence-electron chi connectivity index (χ2n) is 4.97. The molecule has 0 heterocycles. The van der Waals surface area contributed by atoms with Crippen LogP contribution in [0.5, 0.6) is 0 Å². The molecule has 0 aromatic heterocycles. The molecule has 2 aromatic rings. The highest BCUT2D eigenvalue weighted by molar-refractivity contribution is 9.10. The Bertz CT molecular complexity index is 630. The highest BCUT2D eigenvalue weighted by atomic mass is 79.9. The SMILES string of the molecule is CN(Cc1ccccc1F)C(=O)CCc1cccc(Br)c1. The fourth-order valence-electron chi connectivity index (χ4n) is 2.10. The quantitative estimate of drug-likeness (QED) is 0.792. The number of halogens is 2. The maximum Gasteiger partial charge on any atom is 0.222 e. The molecule has 0 aliphatic heterocycles. The van der Waals surface area contributed by atoms with Crippen molar-refractivity contribution in [2.45, 2.75) is 19.4 Å². The lowest BCUT2D eigenvalue weighted by Gasteiger charge is -2.17. The molecule has 0 fully saturated rings. The molecule has 0 atom stereocenters. The van der Waals surface area contributed by atoms with E-state index in [1.165, 1.54) is 6.07 Å². The van der Waals surface area contributed by atoms with Crippen molar-refractivity contribution in [1.29, 1.82) is 0 Å². The van der Waals surface area contributed by atoms with Crippen molar-refractivity contribution in [2.24, 2.45) is 0 Å². The van der Waals surface area contributed by atoms with Crippen LogP contribution in [-0.4, -0.2) is 17.9 Å². The molecule has 4 heteroatoms. The molecule has 0 spiro atoms. The highest BCUT2D eigenvalue weighted by Crippen LogP contribution is 2.14. The highest BCUT2D eigenvalue weighted by Gasteiger charge is 2.11. The summed E-state index contributed by atoms with van der Waals surface area (Å²) in [5.41, 5.74) is 1.65. The largest absolute Gasteiger partial charge is 0.341 e. The van der Waals surface area contributed by atoms with E-state index in [1.807, 2.05) is 24.3 Å². The lowest BCUT2D eigenvalue weighted by atomic mass is 10.1. The third-order valence-corrected chi connectivity index (χ3v) is 3.80. The van der Waals surface area contributed by atoms with Gasteiger partial charge in [-0.1, -0.05) is 46.3 Å². The predicted octanol–water partition coefficient (Wildman–Crippen LogP) is 4.18. The van der Waals surface area contributed by atoms with E-state index in [0.717, 1.165) is 10.0 Å². The summed E-state index contributed by atoms with van der Waals surface area (Å²) in [6.07, 6.45) is 1.10. The third kappa shape index (κ3) is 4.67. The number of amides is 1. The number of hydrogen-bond donors (Lipinski definition) is 0. The van der Waals surface area contributed by atoms with E-state index in [1.54, 1.807) is 30.1 Å². The lowest BCUT2D eigenvalue weighted by Crippen LogP contribution is -2.26. The summed E-state index contributed by atoms with van der Waals surface area (Å²) in [6, 6.07) is 14.4. The van der Waals surface area contributed by atoms with Crippen LogP contribution in [0.1, 0.15) is 17.5 Å². The molecule has 21 heavy (non-hydrogen) atoms. The van der Waals surface area contributed by atoms with Crippen LogP contribution < -0.4 is 0 Å². The van der Waals surface area contributed by atoms with Gasteiger partial charge in [0.2, 0.25) is 5.91 Å². The van der Waals surface area contributed by atoms with Gasteiger partial charge in [-0.15, -0.1) is 0 Å². The van der Waals surface area contributed by atoms with E-state index in [9.17, 15) is 9.18 Å². The van der Waals surface area contributed by atoms with E-state index >= 15 is 0 Å². The van der Waals surface area contributed by atoms with Crippen molar-refractivity contribution in [2.75, 3.05) is 7.05 Å². The minimum Gasteiger partial charge on any atom is -0.341 e. The van der Waals surface area contributed by atoms with E-state index in [4.69, 9.17) is 0 Å². The Morgan fingerprint density at radius 3 is 2.67 bits per heavy atom. The number of aryl methyl sites for hydroxylation is 1. The van der Waals surface area contributed by atoms with Crippen molar-refractivity contribution < 1.29 is 9.18 Å². The molecule has 0 aliphatic carbocycles. The smallest absolute Gasteiger partial charge is 0.222 e. The Balaban J connectivity index is 1.90. The minimum atomic E-state index is -0.274. The minimum absolute atomic E-state index is 0.0122. The van der Waals surface area contributed by atoms with Crippen LogP contribution in [0.25, 0.3) is 0 Å². The molecular formula is C17H17BrFNO. The van der Waals surface area contributed by atoms with Crippen molar-refractivity contribution >= 4 is 21.8 Å². The normalized spacial score (nSPS) is 10.4. The summed E-state index contributed by atoms with van der Waals surface area (Å²) in [4.78, 5) is 13.7. The van der Waals surface area contributed by atoms with Crippen LogP contribution in [-0.2, 0) is 17.8 Å². The van der Waals surface area contributed by atoms with Crippen molar-refractivity contribution in [3.8, 4) is 0 Å². The molecule has 0 radical (unpaired) electrons. The van der Waals surface area contributed by atoms with Gasteiger partial charge in [-0.25, -0.2) is 4.39 Å². The zero-order valence-electron chi connectivity index (χ0n) is 11.9. The summed E-state index contributed by atoms with van der Waals surface area (Å²) >= 11 is 3.41. The monoisotopic (exact) mass is 349 g/mol. The molecule has 0 bridgehead atoms. The average molecular weight is 350 g/mol. The molecule has 0 saturated carbocycles. The molecule has 0 N–H and O–H groups in total. The van der Waals surface area contributed by atoms with Crippen LogP contribution in [0.3, 0.4) is 0 Å². The Morgan fingerprint density at radius 2 is 1.95 bits per heavy atom. The zero-order chi connectivity index (χ0) is 15.2. The van der Waals surface area contributed by atoms with E-state index in [-0.39, 0.29) is 11.7 Å². The van der Waals surface area contributed by atoms with Gasteiger partial charge in [0.1, 0.15) is 5.82 Å². The summed E-state index contributed by atoms with van der Waals surface area (Å²) in [5.74, 6) is -0.262. The average Bonchev–Trinajstić information content (AvgIpc) is 2.47. The topological polar surface area (TPSA) is 20.3 Å². The number of carbonyl (C=O) groups excluding carboxylic acids is 1. The van der Waals surface area contributed by atoms with Gasteiger partial charge in [0, 0.05) is 30.0 Å². The molecule has 2 nitrogen and oxygen atoms in total. The number of hydrogen-bond acceptors (Lipinski definition) is 1. The zero-order valence-corrected chi connectivity index (χ0v) is 13.4. The molecular weight excluding hydrogens is 333 g/mol. The molecule has 0 unspecified atom stereocenters. The van der Waals surface area contributed by atoms with Gasteiger partial charge in [-0.05, 0) is 30.2 Å². The molecule has 0 saturated heterocycles. The van der Waals surface area contributed by atoms with Crippen LogP contribution in [0.2, 0.25) is 0 Å². The van der Waals surface area contributed by atoms with Crippen LogP contribution >= 0.6 is 15.9 Å². The van der Waals surface area contributed by atoms with Gasteiger partial charge in [-0.3, -0.25) is 4.79 Å². The summed E-state index contributed by atoms with van der Waals surface area (Å²) in [7, 11) is 1.70. The predicted molar refractivity (Wildman–Crippen MR) is 85.3 cm³/mol. The van der Waals surface area contributed by atoms with Gasteiger partial charge in [-0.2, -0.15) is 0 Å². The molecule has 110 valence electrons. The van der Waals surface area contributed by atoms with Crippen molar-refractivity contribution in [3.05, 3.63) is 69.9 Å². The van der Waals surface area contributed by atoms with Gasteiger partial charge < -0.3 is 4.90 Å². The van der Waals surface area contributed by atoms with Crippen LogP contribution in [0.4, 0.5) is 4.39 Å². The van der Waals surface area contributed by atoms with Gasteiger partial charge >= 0.3 is 0 Å². The van der Waals surface area contributed by atoms with Crippen molar-refractivity contribution in [3.63, 3.8) is 0 Å². The van der Waals surface area contributed by atoms with Gasteiger partial charge in [0.15, 0.2) is 0 Å². The first-order valence-corrected chi connectivity index (χ1v) is 7.57. The van der Waals surface area contributed by atoms with Gasteiger partial charge in [0.05, 0.1) is 0 Å². The van der Waals surface area contributed by atoms with E-state index in [0.29, 0.717) is 24.9 Å². The first-order valence-electron chi connectivity index (χ1n) is 6.78. The second kappa shape index (κ2) is 7.36. The standard InChI is InChI=1S/C17H17BrFNO/c1-20(12-14-6-2-3-8-16(14)19)17(21)10-9-13-5-4-7-15(18)11-13/h2-8,11H,9-10,12H2,1H3. The summed E-state index contributed by atoms with van der Waals surface area (Å²) in [6.45, 7) is 0.296. The van der Waals surface area contributed by atoms with E-state index < -0.39 is 0 Å². The second-order valence-corrected chi connectivity index (χ2v) is 5.89. The lowest BCUT2D eigenvalue weighted by molar-refractivity contribution is -0.130. The number of nitrogens with zero attached hydrogens (tertiary/aromatic N) is 1. The Morgan fingerprint density at radius 1 is 1.19 bits per heavy atom. The van der Waals surface area contributed by atoms with Crippen LogP contribution in [0.15, 0.2) is 53.0 Å². The fraction of sp³-hybridized carbons (Fsp3) is 0.235. The van der Waals surface area contributed by atoms with E-state index in [2.05, 4.69) is 15.9 Å². The first kappa shape index (κ1) is 15.7. The maximum atomic E-state index is 13.6. The number of rotatable bonds is 5. The van der Waals surface area contributed by atoms with Crippen LogP contribution in [0, 0.1) is 5.82 Å². The first-order chi connectivity index (χ1) is 10.1. The third-order valence-electron chi connectivity index (χ3n) is 3.31. The molecule has 2 rings (SSSR count).